The van der Waals surface area contributed by atoms with Crippen molar-refractivity contribution in [2.24, 2.45) is 11.8 Å². The number of sulfonamides is 1. The highest BCUT2D eigenvalue weighted by Crippen LogP contribution is 2.27. The molecule has 2 heterocycles. The molecule has 2 fully saturated rings. The molecule has 35 heavy (non-hydrogen) atoms. The molecule has 1 aromatic carbocycles. The number of nitrogens with one attached hydrogen (secondary N) is 1. The van der Waals surface area contributed by atoms with E-state index in [1.807, 2.05) is 20.8 Å². The number of benzene rings is 1. The van der Waals surface area contributed by atoms with E-state index in [1.54, 1.807) is 17.0 Å². The molecule has 3 N–H and O–H groups in total. The van der Waals surface area contributed by atoms with Crippen molar-refractivity contribution in [2.75, 3.05) is 19.6 Å². The molecule has 0 unspecified atom stereocenters. The second-order valence-corrected chi connectivity index (χ2v) is 11.3. The van der Waals surface area contributed by atoms with Crippen LogP contribution in [0.1, 0.15) is 45.1 Å². The van der Waals surface area contributed by atoms with Crippen molar-refractivity contribution in [1.29, 1.82) is 0 Å². The normalized spacial score (nSPS) is 23.2. The van der Waals surface area contributed by atoms with Crippen LogP contribution < -0.4 is 4.72 Å². The smallest absolute Gasteiger partial charge is 0.326 e. The fraction of sp³-hybridized carbons (Fsp3) is 0.625. The van der Waals surface area contributed by atoms with Crippen LogP contribution in [0.25, 0.3) is 0 Å². The van der Waals surface area contributed by atoms with Crippen molar-refractivity contribution in [3.8, 4) is 0 Å². The van der Waals surface area contributed by atoms with E-state index in [0.29, 0.717) is 19.3 Å². The number of carbonyl (C=O) groups is 3. The Morgan fingerprint density at radius 1 is 1.14 bits per heavy atom. The summed E-state index contributed by atoms with van der Waals surface area (Å²) in [5, 5.41) is 19.2. The number of nitrogens with zero attached hydrogens (tertiary/aromatic N) is 2. The van der Waals surface area contributed by atoms with Crippen LogP contribution in [0, 0.1) is 18.8 Å². The first-order valence-corrected chi connectivity index (χ1v) is 13.5. The van der Waals surface area contributed by atoms with E-state index in [1.165, 1.54) is 17.0 Å². The molecule has 0 spiro atoms. The van der Waals surface area contributed by atoms with Gasteiger partial charge in [-0.2, -0.15) is 4.72 Å². The fourth-order valence-corrected chi connectivity index (χ4v) is 5.97. The lowest BCUT2D eigenvalue weighted by molar-refractivity contribution is -0.151. The molecular weight excluding hydrogens is 474 g/mol. The van der Waals surface area contributed by atoms with Crippen LogP contribution in [0.4, 0.5) is 0 Å². The van der Waals surface area contributed by atoms with Crippen molar-refractivity contribution < 1.29 is 33.0 Å². The third-order valence-electron chi connectivity index (χ3n) is 7.10. The van der Waals surface area contributed by atoms with E-state index >= 15 is 0 Å². The Kier molecular flexibility index (Phi) is 8.55. The minimum atomic E-state index is -3.91. The van der Waals surface area contributed by atoms with Gasteiger partial charge in [0.1, 0.15) is 12.1 Å². The summed E-state index contributed by atoms with van der Waals surface area (Å²) in [4.78, 5) is 40.7. The lowest BCUT2D eigenvalue weighted by Crippen LogP contribution is -2.54. The Hall–Kier alpha value is -2.50. The predicted molar refractivity (Wildman–Crippen MR) is 128 cm³/mol. The molecular formula is C24H35N3O7S. The molecule has 0 bridgehead atoms. The van der Waals surface area contributed by atoms with Gasteiger partial charge in [-0.25, -0.2) is 13.2 Å². The largest absolute Gasteiger partial charge is 0.480 e. The molecule has 3 rings (SSSR count). The van der Waals surface area contributed by atoms with Crippen LogP contribution in [0.5, 0.6) is 0 Å². The van der Waals surface area contributed by atoms with Gasteiger partial charge in [-0.05, 0) is 37.8 Å². The van der Waals surface area contributed by atoms with Gasteiger partial charge in [0.2, 0.25) is 21.8 Å². The van der Waals surface area contributed by atoms with Crippen LogP contribution in [0.2, 0.25) is 0 Å². The summed E-state index contributed by atoms with van der Waals surface area (Å²) in [6.07, 6.45) is 0.439. The fourth-order valence-electron chi connectivity index (χ4n) is 4.67. The average molecular weight is 510 g/mol. The van der Waals surface area contributed by atoms with Crippen molar-refractivity contribution in [3.05, 3.63) is 29.8 Å². The van der Waals surface area contributed by atoms with E-state index < -0.39 is 40.1 Å². The summed E-state index contributed by atoms with van der Waals surface area (Å²) in [6, 6.07) is 4.43. The Morgan fingerprint density at radius 2 is 1.74 bits per heavy atom. The van der Waals surface area contributed by atoms with Gasteiger partial charge in [-0.3, -0.25) is 9.59 Å². The first-order chi connectivity index (χ1) is 16.4. The lowest BCUT2D eigenvalue weighted by Gasteiger charge is -2.36. The summed E-state index contributed by atoms with van der Waals surface area (Å²) >= 11 is 0. The molecule has 4 atom stereocenters. The number of hydrogen-bond acceptors (Lipinski definition) is 6. The third-order valence-corrected chi connectivity index (χ3v) is 8.55. The molecule has 1 aromatic rings. The van der Waals surface area contributed by atoms with E-state index in [4.69, 9.17) is 0 Å². The lowest BCUT2D eigenvalue weighted by atomic mass is 9.93. The highest BCUT2D eigenvalue weighted by Gasteiger charge is 2.42. The summed E-state index contributed by atoms with van der Waals surface area (Å²) in [5.41, 5.74) is 0.925. The zero-order valence-corrected chi connectivity index (χ0v) is 21.2. The van der Waals surface area contributed by atoms with Gasteiger partial charge in [0, 0.05) is 32.0 Å². The maximum absolute atomic E-state index is 13.4. The molecule has 0 radical (unpaired) electrons. The highest BCUT2D eigenvalue weighted by molar-refractivity contribution is 7.89. The van der Waals surface area contributed by atoms with E-state index in [-0.39, 0.29) is 48.7 Å². The summed E-state index contributed by atoms with van der Waals surface area (Å²) in [5.74, 6) is -2.48. The number of rotatable bonds is 8. The molecule has 194 valence electrons. The Morgan fingerprint density at radius 3 is 2.29 bits per heavy atom. The molecule has 2 aliphatic heterocycles. The topological polar surface area (TPSA) is 144 Å². The van der Waals surface area contributed by atoms with Crippen molar-refractivity contribution in [3.63, 3.8) is 0 Å². The van der Waals surface area contributed by atoms with Crippen molar-refractivity contribution in [2.45, 2.75) is 69.5 Å². The summed E-state index contributed by atoms with van der Waals surface area (Å²) < 4.78 is 28.5. The van der Waals surface area contributed by atoms with Crippen LogP contribution in [-0.4, -0.2) is 84.0 Å². The number of hydrogen-bond donors (Lipinski definition) is 3. The van der Waals surface area contributed by atoms with Crippen molar-refractivity contribution >= 4 is 27.8 Å². The molecule has 0 aromatic heterocycles. The molecule has 0 saturated carbocycles. The molecule has 10 nitrogen and oxygen atoms in total. The number of β-amino-alcohol motifs (C(OH)–C–C–N with tert-alkyl or cyclic N) is 1. The highest BCUT2D eigenvalue weighted by atomic mass is 32.2. The first-order valence-electron chi connectivity index (χ1n) is 12.0. The van der Waals surface area contributed by atoms with Crippen molar-refractivity contribution in [1.82, 2.24) is 14.5 Å². The summed E-state index contributed by atoms with van der Waals surface area (Å²) in [7, 11) is -3.91. The van der Waals surface area contributed by atoms with Gasteiger partial charge in [0.05, 0.1) is 11.0 Å². The quantitative estimate of drug-likeness (QED) is 0.474. The number of amides is 2. The van der Waals surface area contributed by atoms with Crippen LogP contribution >= 0.6 is 0 Å². The van der Waals surface area contributed by atoms with Gasteiger partial charge in [0.15, 0.2) is 0 Å². The minimum Gasteiger partial charge on any atom is -0.480 e. The zero-order chi connectivity index (χ0) is 25.9. The number of likely N-dealkylation sites (tertiary alicyclic amines) is 2. The SMILES string of the molecule is CC[C@@H](C)[C@H](NS(=O)(=O)c1ccc(C)cc1)C(=O)N1CCC(C(=O)N2C[C@@H](O)C[C@H]2C(=O)O)CC1. The van der Waals surface area contributed by atoms with Gasteiger partial charge in [0.25, 0.3) is 0 Å². The number of aliphatic hydroxyl groups excluding tert-OH is 1. The number of aliphatic carboxylic acids is 1. The van der Waals surface area contributed by atoms with Crippen LogP contribution in [0.3, 0.4) is 0 Å². The van der Waals surface area contributed by atoms with Crippen LogP contribution in [0.15, 0.2) is 29.2 Å². The number of carboxylic acids is 1. The predicted octanol–water partition coefficient (Wildman–Crippen LogP) is 0.973. The number of carboxylic acid groups (broad SMARTS) is 1. The Balaban J connectivity index is 1.67. The standard InChI is InChI=1S/C24H35N3O7S/c1-4-16(3)21(25-35(33,34)19-7-5-15(2)6-8-19)23(30)26-11-9-17(10-12-26)22(29)27-14-18(28)13-20(27)24(31)32/h5-8,16-18,20-21,25,28H,4,9-14H2,1-3H3,(H,31,32)/t16-,18+,20+,21+/m1/s1. The zero-order valence-electron chi connectivity index (χ0n) is 20.4. The average Bonchev–Trinajstić information content (AvgIpc) is 3.23. The Labute approximate surface area is 206 Å². The molecule has 2 saturated heterocycles. The number of aryl methyl sites for hydroxylation is 1. The van der Waals surface area contributed by atoms with E-state index in [2.05, 4.69) is 4.72 Å². The van der Waals surface area contributed by atoms with E-state index in [9.17, 15) is 33.0 Å². The van der Waals surface area contributed by atoms with Crippen LogP contribution in [-0.2, 0) is 24.4 Å². The maximum Gasteiger partial charge on any atom is 0.326 e. The monoisotopic (exact) mass is 509 g/mol. The second kappa shape index (κ2) is 11.0. The number of aliphatic hydroxyl groups is 1. The molecule has 0 aliphatic carbocycles. The second-order valence-electron chi connectivity index (χ2n) is 9.63. The summed E-state index contributed by atoms with van der Waals surface area (Å²) in [6.45, 7) is 6.09. The number of piperidine rings is 1. The minimum absolute atomic E-state index is 0.00811. The Bertz CT molecular complexity index is 1040. The maximum atomic E-state index is 13.4. The third kappa shape index (κ3) is 6.20. The number of carbonyl (C=O) groups excluding carboxylic acids is 2. The van der Waals surface area contributed by atoms with Gasteiger partial charge in [-0.1, -0.05) is 38.0 Å². The van der Waals surface area contributed by atoms with Gasteiger partial charge in [-0.15, -0.1) is 0 Å². The molecule has 11 heteroatoms. The van der Waals surface area contributed by atoms with Gasteiger partial charge < -0.3 is 20.0 Å². The van der Waals surface area contributed by atoms with E-state index in [0.717, 1.165) is 5.56 Å². The molecule has 2 aliphatic rings. The van der Waals surface area contributed by atoms with Gasteiger partial charge >= 0.3 is 5.97 Å². The first kappa shape index (κ1) is 27.1. The molecule has 2 amide bonds.